The molecule has 20 heavy (non-hydrogen) atoms. The number of carbonyl (C=O) groups is 2. The van der Waals surface area contributed by atoms with E-state index >= 15 is 0 Å². The van der Waals surface area contributed by atoms with Gasteiger partial charge in [-0.15, -0.1) is 0 Å². The Balaban J connectivity index is 2.10. The first-order valence-electron chi connectivity index (χ1n) is 7.43. The molecule has 0 aromatic heterocycles. The Morgan fingerprint density at radius 3 is 2.35 bits per heavy atom. The van der Waals surface area contributed by atoms with Gasteiger partial charge in [-0.2, -0.15) is 0 Å². The number of carboxylic acids is 1. The zero-order valence-corrected chi connectivity index (χ0v) is 12.2. The second kappa shape index (κ2) is 6.43. The van der Waals surface area contributed by atoms with E-state index in [1.165, 1.54) is 0 Å². The molecule has 0 aromatic carbocycles. The van der Waals surface area contributed by atoms with E-state index in [-0.39, 0.29) is 18.2 Å². The van der Waals surface area contributed by atoms with Crippen LogP contribution in [0.5, 0.6) is 0 Å². The van der Waals surface area contributed by atoms with Gasteiger partial charge in [-0.25, -0.2) is 9.59 Å². The van der Waals surface area contributed by atoms with Gasteiger partial charge < -0.3 is 19.6 Å². The molecule has 3 atom stereocenters. The highest BCUT2D eigenvalue weighted by molar-refractivity contribution is 5.83. The fraction of sp³-hybridized carbons (Fsp3) is 0.857. The fourth-order valence-corrected chi connectivity index (χ4v) is 3.11. The molecule has 0 spiro atoms. The Bertz CT molecular complexity index is 364. The van der Waals surface area contributed by atoms with E-state index in [0.29, 0.717) is 26.1 Å². The highest BCUT2D eigenvalue weighted by Gasteiger charge is 2.35. The van der Waals surface area contributed by atoms with Crippen LogP contribution in [-0.4, -0.2) is 64.8 Å². The first-order chi connectivity index (χ1) is 9.49. The first kappa shape index (κ1) is 15.1. The zero-order valence-electron chi connectivity index (χ0n) is 12.2. The van der Waals surface area contributed by atoms with Crippen LogP contribution >= 0.6 is 0 Å². The van der Waals surface area contributed by atoms with Crippen molar-refractivity contribution in [1.82, 2.24) is 9.80 Å². The summed E-state index contributed by atoms with van der Waals surface area (Å²) in [6, 6.07) is -0.834. The van der Waals surface area contributed by atoms with Crippen molar-refractivity contribution in [2.45, 2.75) is 57.8 Å². The van der Waals surface area contributed by atoms with Crippen LogP contribution in [0.1, 0.15) is 39.5 Å². The van der Waals surface area contributed by atoms with Gasteiger partial charge in [-0.1, -0.05) is 12.8 Å². The Kier molecular flexibility index (Phi) is 4.86. The molecule has 6 heteroatoms. The van der Waals surface area contributed by atoms with Crippen LogP contribution in [0.3, 0.4) is 0 Å². The van der Waals surface area contributed by atoms with Crippen molar-refractivity contribution in [1.29, 1.82) is 0 Å². The molecular weight excluding hydrogens is 260 g/mol. The number of likely N-dealkylation sites (tertiary alicyclic amines) is 1. The molecule has 1 N–H and O–H groups in total. The van der Waals surface area contributed by atoms with Gasteiger partial charge in [0, 0.05) is 19.6 Å². The summed E-state index contributed by atoms with van der Waals surface area (Å²) in [5.74, 6) is -0.894. The molecule has 2 saturated heterocycles. The van der Waals surface area contributed by atoms with Crippen molar-refractivity contribution in [2.75, 3.05) is 19.6 Å². The zero-order chi connectivity index (χ0) is 14.7. The van der Waals surface area contributed by atoms with E-state index in [4.69, 9.17) is 4.74 Å². The normalized spacial score (nSPS) is 31.8. The van der Waals surface area contributed by atoms with Gasteiger partial charge in [0.25, 0.3) is 0 Å². The molecule has 2 aliphatic rings. The fourth-order valence-electron chi connectivity index (χ4n) is 3.11. The topological polar surface area (TPSA) is 70.1 Å². The van der Waals surface area contributed by atoms with Crippen LogP contribution in [0.15, 0.2) is 0 Å². The summed E-state index contributed by atoms with van der Waals surface area (Å²) >= 11 is 0. The molecule has 1 unspecified atom stereocenters. The van der Waals surface area contributed by atoms with Gasteiger partial charge in [0.1, 0.15) is 6.04 Å². The second-order valence-electron chi connectivity index (χ2n) is 5.84. The molecule has 2 amide bonds. The second-order valence-corrected chi connectivity index (χ2v) is 5.84. The SMILES string of the molecule is C[C@@H]1CN(C(=O)N2CCCCCC2C(=O)O)C[C@H](C)O1. The number of aliphatic carboxylic acids is 1. The lowest BCUT2D eigenvalue weighted by atomic mass is 10.1. The molecule has 2 heterocycles. The minimum absolute atomic E-state index is 0.00189. The number of ether oxygens (including phenoxy) is 1. The summed E-state index contributed by atoms with van der Waals surface area (Å²) in [4.78, 5) is 27.3. The largest absolute Gasteiger partial charge is 0.480 e. The van der Waals surface area contributed by atoms with Gasteiger partial charge in [-0.05, 0) is 26.7 Å². The van der Waals surface area contributed by atoms with Crippen LogP contribution < -0.4 is 0 Å². The predicted molar refractivity (Wildman–Crippen MR) is 73.6 cm³/mol. The van der Waals surface area contributed by atoms with Gasteiger partial charge >= 0.3 is 12.0 Å². The predicted octanol–water partition coefficient (Wildman–Crippen LogP) is 1.54. The van der Waals surface area contributed by atoms with E-state index in [2.05, 4.69) is 0 Å². The molecule has 0 bridgehead atoms. The number of hydrogen-bond acceptors (Lipinski definition) is 3. The maximum Gasteiger partial charge on any atom is 0.326 e. The summed E-state index contributed by atoms with van der Waals surface area (Å²) in [6.07, 6.45) is 3.29. The van der Waals surface area contributed by atoms with E-state index < -0.39 is 12.0 Å². The monoisotopic (exact) mass is 284 g/mol. The summed E-state index contributed by atoms with van der Waals surface area (Å²) < 4.78 is 5.62. The molecule has 114 valence electrons. The van der Waals surface area contributed by atoms with Gasteiger partial charge in [-0.3, -0.25) is 0 Å². The number of urea groups is 1. The summed E-state index contributed by atoms with van der Waals surface area (Å²) in [6.45, 7) is 5.48. The minimum Gasteiger partial charge on any atom is -0.480 e. The summed E-state index contributed by atoms with van der Waals surface area (Å²) in [5, 5.41) is 9.35. The number of morpholine rings is 1. The molecule has 2 fully saturated rings. The van der Waals surface area contributed by atoms with Crippen LogP contribution in [0, 0.1) is 0 Å². The lowest BCUT2D eigenvalue weighted by Crippen LogP contribution is -2.56. The standard InChI is InChI=1S/C14H24N2O4/c1-10-8-15(9-11(2)20-10)14(19)16-7-5-3-4-6-12(16)13(17)18/h10-12H,3-9H2,1-2H3,(H,17,18)/t10-,11+,12?. The Morgan fingerprint density at radius 2 is 1.75 bits per heavy atom. The highest BCUT2D eigenvalue weighted by Crippen LogP contribution is 2.20. The lowest BCUT2D eigenvalue weighted by Gasteiger charge is -2.39. The molecule has 2 aliphatic heterocycles. The van der Waals surface area contributed by atoms with Crippen molar-refractivity contribution < 1.29 is 19.4 Å². The van der Waals surface area contributed by atoms with Crippen molar-refractivity contribution in [2.24, 2.45) is 0 Å². The Hall–Kier alpha value is -1.30. The molecule has 6 nitrogen and oxygen atoms in total. The molecule has 2 rings (SSSR count). The van der Waals surface area contributed by atoms with E-state index in [9.17, 15) is 14.7 Å². The Morgan fingerprint density at radius 1 is 1.10 bits per heavy atom. The van der Waals surface area contributed by atoms with Gasteiger partial charge in [0.2, 0.25) is 0 Å². The third-order valence-corrected chi connectivity index (χ3v) is 3.97. The quantitative estimate of drug-likeness (QED) is 0.793. The lowest BCUT2D eigenvalue weighted by molar-refractivity contribution is -0.142. The van der Waals surface area contributed by atoms with Crippen LogP contribution in [0.2, 0.25) is 0 Å². The van der Waals surface area contributed by atoms with E-state index in [1.807, 2.05) is 13.8 Å². The third-order valence-electron chi connectivity index (χ3n) is 3.97. The number of nitrogens with zero attached hydrogens (tertiary/aromatic N) is 2. The first-order valence-corrected chi connectivity index (χ1v) is 7.43. The molecule has 0 saturated carbocycles. The number of hydrogen-bond donors (Lipinski definition) is 1. The summed E-state index contributed by atoms with van der Waals surface area (Å²) in [7, 11) is 0. The Labute approximate surface area is 119 Å². The highest BCUT2D eigenvalue weighted by atomic mass is 16.5. The minimum atomic E-state index is -0.894. The van der Waals surface area contributed by atoms with Crippen molar-refractivity contribution in [3.05, 3.63) is 0 Å². The van der Waals surface area contributed by atoms with Crippen LogP contribution in [0.25, 0.3) is 0 Å². The molecule has 0 radical (unpaired) electrons. The number of carboxylic acid groups (broad SMARTS) is 1. The molecule has 0 aromatic rings. The molecule has 0 aliphatic carbocycles. The van der Waals surface area contributed by atoms with E-state index in [1.54, 1.807) is 9.80 Å². The maximum atomic E-state index is 12.6. The van der Waals surface area contributed by atoms with Gasteiger partial charge in [0.15, 0.2) is 0 Å². The maximum absolute atomic E-state index is 12.6. The third kappa shape index (κ3) is 3.42. The van der Waals surface area contributed by atoms with Crippen LogP contribution in [-0.2, 0) is 9.53 Å². The number of carbonyl (C=O) groups excluding carboxylic acids is 1. The average molecular weight is 284 g/mol. The van der Waals surface area contributed by atoms with Gasteiger partial charge in [0.05, 0.1) is 12.2 Å². The average Bonchev–Trinajstić information content (AvgIpc) is 2.62. The van der Waals surface area contributed by atoms with E-state index in [0.717, 1.165) is 19.3 Å². The van der Waals surface area contributed by atoms with Crippen molar-refractivity contribution in [3.63, 3.8) is 0 Å². The van der Waals surface area contributed by atoms with Crippen LogP contribution in [0.4, 0.5) is 4.79 Å². The smallest absolute Gasteiger partial charge is 0.326 e. The van der Waals surface area contributed by atoms with Crippen molar-refractivity contribution >= 4 is 12.0 Å². The van der Waals surface area contributed by atoms with Crippen molar-refractivity contribution in [3.8, 4) is 0 Å². The summed E-state index contributed by atoms with van der Waals surface area (Å²) in [5.41, 5.74) is 0. The number of amides is 2. The number of rotatable bonds is 1. The molecular formula is C14H24N2O4.